The Morgan fingerprint density at radius 1 is 0.889 bits per heavy atom. The van der Waals surface area contributed by atoms with Crippen LogP contribution in [-0.4, -0.2) is 48.4 Å². The van der Waals surface area contributed by atoms with Crippen molar-refractivity contribution in [1.29, 1.82) is 0 Å². The summed E-state index contributed by atoms with van der Waals surface area (Å²) < 4.78 is 32.7. The van der Waals surface area contributed by atoms with Gasteiger partial charge in [-0.2, -0.15) is 14.0 Å². The van der Waals surface area contributed by atoms with Crippen molar-refractivity contribution in [1.82, 2.24) is 0 Å². The van der Waals surface area contributed by atoms with Gasteiger partial charge in [-0.25, -0.2) is 0 Å². The molecule has 9 heteroatoms. The van der Waals surface area contributed by atoms with Crippen LogP contribution < -0.4 is 14.0 Å². The third kappa shape index (κ3) is 494. The van der Waals surface area contributed by atoms with Gasteiger partial charge in [0, 0.05) is 0 Å². The molecule has 7 N–H and O–H groups in total. The first kappa shape index (κ1) is 32.6. The summed E-state index contributed by atoms with van der Waals surface area (Å²) in [5.74, 6) is 0. The van der Waals surface area contributed by atoms with E-state index in [1.807, 2.05) is 0 Å². The number of hydrogen-bond donors (Lipinski definition) is 1. The van der Waals surface area contributed by atoms with Gasteiger partial charge in [-0.3, -0.25) is 0 Å². The first-order valence-electron chi connectivity index (χ1n) is 0.632. The van der Waals surface area contributed by atoms with Gasteiger partial charge >= 0.3 is 27.3 Å². The van der Waals surface area contributed by atoms with Crippen LogP contribution in [0.1, 0.15) is 0 Å². The zero-order chi connectivity index (χ0) is 4.50. The van der Waals surface area contributed by atoms with Crippen LogP contribution in [0.5, 0.6) is 0 Å². The molecule has 0 saturated heterocycles. The molecule has 9 heavy (non-hydrogen) atoms. The maximum absolute atomic E-state index is 8.60. The Balaban J connectivity index is -0.0000000133. The molecule has 2 radical (unpaired) electrons. The number of halogens is 1. The first-order chi connectivity index (χ1) is 2.00. The third-order valence-corrected chi connectivity index (χ3v) is 0. The van der Waals surface area contributed by atoms with Crippen LogP contribution in [0.15, 0.2) is 0 Å². The van der Waals surface area contributed by atoms with E-state index >= 15 is 0 Å². The monoisotopic (exact) mass is 364 g/mol. The Morgan fingerprint density at radius 2 is 0.889 bits per heavy atom. The summed E-state index contributed by atoms with van der Waals surface area (Å²) in [7, 11) is -4.69. The Labute approximate surface area is 72.7 Å². The predicted octanol–water partition coefficient (Wildman–Crippen LogP) is -7.51. The van der Waals surface area contributed by atoms with E-state index in [1.165, 1.54) is 0 Å². The molecule has 0 rings (SSSR count). The third-order valence-electron chi connectivity index (χ3n) is 0. The van der Waals surface area contributed by atoms with Crippen molar-refractivity contribution in [3.63, 3.8) is 0 Å². The van der Waals surface area contributed by atoms with E-state index in [2.05, 4.69) is 0 Å². The minimum atomic E-state index is -4.69. The molecule has 0 bridgehead atoms. The molecule has 0 aliphatic carbocycles. The van der Waals surface area contributed by atoms with Gasteiger partial charge in [0.2, 0.25) is 0 Å². The fourth-order valence-electron chi connectivity index (χ4n) is 0. The van der Waals surface area contributed by atoms with Crippen LogP contribution in [0.25, 0.3) is 0 Å². The van der Waals surface area contributed by atoms with Gasteiger partial charge in [-0.1, -0.05) is 0 Å². The summed E-state index contributed by atoms with van der Waals surface area (Å²) in [5, 5.41) is 0. The van der Waals surface area contributed by atoms with Crippen LogP contribution >= 0.6 is 0 Å². The molecule has 7 nitrogen and oxygen atoms in total. The molecule has 0 fully saturated rings. The molecule has 0 aliphatic heterocycles. The zero-order valence-electron chi connectivity index (χ0n) is 4.26. The first-order valence-corrected chi connectivity index (χ1v) is 1.90. The Bertz CT molecular complexity index is 24.4. The van der Waals surface area contributed by atoms with Crippen LogP contribution in [0.3, 0.4) is 0 Å². The Morgan fingerprint density at radius 3 is 0.889 bits per heavy atom. The molecule has 0 atom stereocenters. The molecule has 0 aliphatic rings. The van der Waals surface area contributed by atoms with Gasteiger partial charge in [-0.05, 0) is 0 Å². The summed E-state index contributed by atoms with van der Waals surface area (Å²) in [5.41, 5.74) is 0. The van der Waals surface area contributed by atoms with E-state index < -0.39 is 10.2 Å². The van der Waals surface area contributed by atoms with Gasteiger partial charge in [0.05, 0.1) is 14.9 Å². The predicted molar refractivity (Wildman–Crippen MR) is 21.6 cm³/mol. The molecule has 0 amide bonds. The summed E-state index contributed by atoms with van der Waals surface area (Å²) >= 11 is 0. The van der Waals surface area contributed by atoms with Crippen molar-refractivity contribution in [2.24, 2.45) is 0 Å². The molecule has 62 valence electrons. The van der Waals surface area contributed by atoms with E-state index in [0.717, 1.165) is 0 Å². The Kier molecular flexibility index (Phi) is 42.3. The Hall–Kier alpha value is 0.932. The zero-order valence-corrected chi connectivity index (χ0v) is 10.5. The average Bonchev–Trinajstić information content (AvgIpc) is 0.722. The van der Waals surface area contributed by atoms with Crippen molar-refractivity contribution < 1.29 is 45.3 Å². The average molecular weight is 364 g/mol. The van der Waals surface area contributed by atoms with Crippen LogP contribution in [0.2, 0.25) is 0 Å². The number of hydrogen-bond acceptors (Lipinski definition) is 4. The molecular weight excluding hydrogens is 355 g/mol. The molecule has 0 heterocycles. The van der Waals surface area contributed by atoms with E-state index in [1.54, 1.807) is 0 Å². The summed E-state index contributed by atoms with van der Waals surface area (Å²) in [6.45, 7) is 0. The van der Waals surface area contributed by atoms with Gasteiger partial charge in [0.15, 0.2) is 0 Å². The molecular formula is H9ClO7Pb. The van der Waals surface area contributed by atoms with E-state index in [9.17, 15) is 0 Å². The van der Waals surface area contributed by atoms with Crippen molar-refractivity contribution in [2.45, 2.75) is 0 Å². The van der Waals surface area contributed by atoms with Crippen molar-refractivity contribution >= 4 is 27.3 Å². The van der Waals surface area contributed by atoms with Crippen molar-refractivity contribution in [3.8, 4) is 0 Å². The standard InChI is InChI=1S/ClHO4.3H2O.Pb.2H/c2-1(3,4)5;;;;;;/h(H,2,3,4,5);3*1H2;;;. The fourth-order valence-corrected chi connectivity index (χ4v) is 0. The van der Waals surface area contributed by atoms with Gasteiger partial charge in [0.1, 0.15) is 0 Å². The molecule has 0 aromatic rings. The molecule has 0 unspecified atom stereocenters. The molecule has 0 aromatic heterocycles. The normalized spacial score (nSPS) is 6.67. The maximum atomic E-state index is 8.60. The SMILES string of the molecule is O.O.O.[O-][Cl+3]([O-])([O-])O.[PbH2]. The quantitative estimate of drug-likeness (QED) is 0.419. The van der Waals surface area contributed by atoms with Crippen molar-refractivity contribution in [3.05, 3.63) is 0 Å². The van der Waals surface area contributed by atoms with E-state index in [-0.39, 0.29) is 43.7 Å². The van der Waals surface area contributed by atoms with E-state index in [4.69, 9.17) is 18.6 Å². The second-order valence-electron chi connectivity index (χ2n) is 0.396. The second kappa shape index (κ2) is 11.7. The molecule has 0 spiro atoms. The van der Waals surface area contributed by atoms with Gasteiger partial charge in [-0.15, -0.1) is 0 Å². The van der Waals surface area contributed by atoms with Crippen LogP contribution in [-0.2, 0) is 0 Å². The van der Waals surface area contributed by atoms with Crippen LogP contribution in [0.4, 0.5) is 0 Å². The topological polar surface area (TPSA) is 184 Å². The van der Waals surface area contributed by atoms with Crippen LogP contribution in [0, 0.1) is 10.2 Å². The summed E-state index contributed by atoms with van der Waals surface area (Å²) in [4.78, 5) is 0. The summed E-state index contributed by atoms with van der Waals surface area (Å²) in [6, 6.07) is 0. The molecule has 0 aromatic carbocycles. The molecule has 0 saturated carbocycles. The van der Waals surface area contributed by atoms with Gasteiger partial charge < -0.3 is 16.4 Å². The minimum absolute atomic E-state index is 0. The van der Waals surface area contributed by atoms with E-state index in [0.29, 0.717) is 0 Å². The summed E-state index contributed by atoms with van der Waals surface area (Å²) in [6.07, 6.45) is 0. The fraction of sp³-hybridized carbons (Fsp3) is 0. The number of rotatable bonds is 0. The van der Waals surface area contributed by atoms with Crippen molar-refractivity contribution in [2.75, 3.05) is 0 Å². The second-order valence-corrected chi connectivity index (χ2v) is 1.19. The van der Waals surface area contributed by atoms with Gasteiger partial charge in [0.25, 0.3) is 0 Å².